The highest BCUT2D eigenvalue weighted by Gasteiger charge is 2.17. The minimum Gasteiger partial charge on any atom is -0.496 e. The van der Waals surface area contributed by atoms with Crippen molar-refractivity contribution in [3.05, 3.63) is 29.3 Å². The van der Waals surface area contributed by atoms with Gasteiger partial charge in [-0.25, -0.2) is 0 Å². The normalized spacial score (nSPS) is 16.7. The molecule has 1 aliphatic rings. The minimum atomic E-state index is 0.362. The van der Waals surface area contributed by atoms with E-state index in [0.717, 1.165) is 17.7 Å². The first-order chi connectivity index (χ1) is 9.69. The number of carbonyl (C=O) groups is 1. The van der Waals surface area contributed by atoms with Crippen LogP contribution >= 0.6 is 0 Å². The molecule has 2 nitrogen and oxygen atoms in total. The van der Waals surface area contributed by atoms with Gasteiger partial charge in [0, 0.05) is 18.4 Å². The second kappa shape index (κ2) is 7.47. The van der Waals surface area contributed by atoms with Crippen LogP contribution in [-0.4, -0.2) is 12.9 Å². The molecule has 0 aliphatic heterocycles. The van der Waals surface area contributed by atoms with Crippen LogP contribution in [0.1, 0.15) is 56.1 Å². The third-order valence-corrected chi connectivity index (χ3v) is 4.31. The topological polar surface area (TPSA) is 26.3 Å². The molecule has 1 aromatic carbocycles. The Morgan fingerprint density at radius 3 is 2.55 bits per heavy atom. The number of methoxy groups -OCH3 is 1. The number of carbonyl (C=O) groups excluding carboxylic acids is 1. The van der Waals surface area contributed by atoms with Gasteiger partial charge < -0.3 is 4.74 Å². The van der Waals surface area contributed by atoms with E-state index in [1.807, 2.05) is 12.1 Å². The van der Waals surface area contributed by atoms with Crippen LogP contribution in [0.5, 0.6) is 5.75 Å². The van der Waals surface area contributed by atoms with Crippen LogP contribution in [0.25, 0.3) is 0 Å². The van der Waals surface area contributed by atoms with Gasteiger partial charge in [0.15, 0.2) is 0 Å². The standard InChI is InChI=1S/C18H26O2/c1-14-9-10-18(20-2)16(11-14)13-17(19)12-15-7-5-3-4-6-8-15/h9-11,15H,3-8,12-13H2,1-2H3. The van der Waals surface area contributed by atoms with Crippen LogP contribution < -0.4 is 4.74 Å². The average Bonchev–Trinajstić information content (AvgIpc) is 2.67. The maximum atomic E-state index is 12.3. The molecule has 0 radical (unpaired) electrons. The molecule has 0 saturated heterocycles. The first-order valence-corrected chi connectivity index (χ1v) is 7.84. The molecule has 110 valence electrons. The van der Waals surface area contributed by atoms with Crippen molar-refractivity contribution >= 4 is 5.78 Å². The second-order valence-electron chi connectivity index (χ2n) is 6.09. The molecule has 2 heteroatoms. The summed E-state index contributed by atoms with van der Waals surface area (Å²) >= 11 is 0. The zero-order valence-corrected chi connectivity index (χ0v) is 12.8. The van der Waals surface area contributed by atoms with Crippen molar-refractivity contribution in [2.75, 3.05) is 7.11 Å². The Hall–Kier alpha value is -1.31. The van der Waals surface area contributed by atoms with Gasteiger partial charge >= 0.3 is 0 Å². The minimum absolute atomic E-state index is 0.362. The van der Waals surface area contributed by atoms with Gasteiger partial charge in [0.2, 0.25) is 0 Å². The summed E-state index contributed by atoms with van der Waals surface area (Å²) in [5.41, 5.74) is 2.22. The van der Waals surface area contributed by atoms with E-state index >= 15 is 0 Å². The van der Waals surface area contributed by atoms with Gasteiger partial charge in [0.25, 0.3) is 0 Å². The predicted octanol–water partition coefficient (Wildman–Crippen LogP) is 4.48. The van der Waals surface area contributed by atoms with E-state index in [-0.39, 0.29) is 0 Å². The molecule has 20 heavy (non-hydrogen) atoms. The van der Waals surface area contributed by atoms with Crippen molar-refractivity contribution in [2.24, 2.45) is 5.92 Å². The lowest BCUT2D eigenvalue weighted by Crippen LogP contribution is -2.11. The fraction of sp³-hybridized carbons (Fsp3) is 0.611. The second-order valence-corrected chi connectivity index (χ2v) is 6.09. The average molecular weight is 274 g/mol. The highest BCUT2D eigenvalue weighted by atomic mass is 16.5. The van der Waals surface area contributed by atoms with Crippen molar-refractivity contribution in [3.63, 3.8) is 0 Å². The van der Waals surface area contributed by atoms with Gasteiger partial charge in [0.1, 0.15) is 11.5 Å². The summed E-state index contributed by atoms with van der Waals surface area (Å²) in [5, 5.41) is 0. The fourth-order valence-electron chi connectivity index (χ4n) is 3.22. The molecule has 0 amide bonds. The van der Waals surface area contributed by atoms with Crippen molar-refractivity contribution in [2.45, 2.75) is 58.3 Å². The highest BCUT2D eigenvalue weighted by Crippen LogP contribution is 2.27. The van der Waals surface area contributed by atoms with Crippen molar-refractivity contribution in [1.29, 1.82) is 0 Å². The van der Waals surface area contributed by atoms with Gasteiger partial charge in [-0.3, -0.25) is 4.79 Å². The maximum Gasteiger partial charge on any atom is 0.137 e. The first kappa shape index (κ1) is 15.1. The lowest BCUT2D eigenvalue weighted by molar-refractivity contribution is -0.119. The lowest BCUT2D eigenvalue weighted by Gasteiger charge is -2.14. The molecule has 0 unspecified atom stereocenters. The maximum absolute atomic E-state index is 12.3. The Morgan fingerprint density at radius 1 is 1.20 bits per heavy atom. The highest BCUT2D eigenvalue weighted by molar-refractivity contribution is 5.81. The SMILES string of the molecule is COc1ccc(C)cc1CC(=O)CC1CCCCCC1. The van der Waals surface area contributed by atoms with Gasteiger partial charge in [-0.2, -0.15) is 0 Å². The molecule has 0 bridgehead atoms. The van der Waals surface area contributed by atoms with Gasteiger partial charge in [-0.05, 0) is 18.9 Å². The molecule has 2 rings (SSSR count). The van der Waals surface area contributed by atoms with Crippen molar-refractivity contribution < 1.29 is 9.53 Å². The zero-order valence-electron chi connectivity index (χ0n) is 12.8. The Balaban J connectivity index is 1.95. The van der Waals surface area contributed by atoms with E-state index in [1.54, 1.807) is 7.11 Å². The summed E-state index contributed by atoms with van der Waals surface area (Å²) in [5.74, 6) is 1.81. The van der Waals surface area contributed by atoms with Gasteiger partial charge in [-0.15, -0.1) is 0 Å². The van der Waals surface area contributed by atoms with E-state index in [2.05, 4.69) is 13.0 Å². The van der Waals surface area contributed by atoms with E-state index in [0.29, 0.717) is 18.1 Å². The summed E-state index contributed by atoms with van der Waals surface area (Å²) in [6, 6.07) is 6.06. The predicted molar refractivity (Wildman–Crippen MR) is 82.3 cm³/mol. The molecule has 1 saturated carbocycles. The third kappa shape index (κ3) is 4.36. The molecule has 0 atom stereocenters. The van der Waals surface area contributed by atoms with Crippen molar-refractivity contribution in [1.82, 2.24) is 0 Å². The number of aryl methyl sites for hydroxylation is 1. The Labute approximate surface area is 122 Å². The summed E-state index contributed by atoms with van der Waals surface area (Å²) in [6.07, 6.45) is 9.01. The fourth-order valence-corrected chi connectivity index (χ4v) is 3.22. The van der Waals surface area contributed by atoms with Crippen LogP contribution in [0.15, 0.2) is 18.2 Å². The van der Waals surface area contributed by atoms with E-state index in [4.69, 9.17) is 4.74 Å². The summed E-state index contributed by atoms with van der Waals surface area (Å²) in [7, 11) is 1.67. The molecule has 1 aromatic rings. The number of hydrogen-bond donors (Lipinski definition) is 0. The number of hydrogen-bond acceptors (Lipinski definition) is 2. The van der Waals surface area contributed by atoms with Gasteiger partial charge in [-0.1, -0.05) is 56.2 Å². The van der Waals surface area contributed by atoms with Crippen LogP contribution in [0.3, 0.4) is 0 Å². The smallest absolute Gasteiger partial charge is 0.137 e. The molecule has 1 aliphatic carbocycles. The molecule has 0 aromatic heterocycles. The van der Waals surface area contributed by atoms with E-state index in [9.17, 15) is 4.79 Å². The van der Waals surface area contributed by atoms with Crippen LogP contribution in [0, 0.1) is 12.8 Å². The number of ether oxygens (including phenoxy) is 1. The first-order valence-electron chi connectivity index (χ1n) is 7.84. The molecule has 0 spiro atoms. The number of rotatable bonds is 5. The summed E-state index contributed by atoms with van der Waals surface area (Å²) in [6.45, 7) is 2.05. The molecular formula is C18H26O2. The third-order valence-electron chi connectivity index (χ3n) is 4.31. The van der Waals surface area contributed by atoms with Crippen LogP contribution in [0.4, 0.5) is 0 Å². The van der Waals surface area contributed by atoms with E-state index in [1.165, 1.54) is 44.1 Å². The van der Waals surface area contributed by atoms with Crippen molar-refractivity contribution in [3.8, 4) is 5.75 Å². The molecule has 1 fully saturated rings. The van der Waals surface area contributed by atoms with Gasteiger partial charge in [0.05, 0.1) is 7.11 Å². The largest absolute Gasteiger partial charge is 0.496 e. The Morgan fingerprint density at radius 2 is 1.90 bits per heavy atom. The monoisotopic (exact) mass is 274 g/mol. The summed E-state index contributed by atoms with van der Waals surface area (Å²) in [4.78, 5) is 12.3. The molecule has 0 N–H and O–H groups in total. The quantitative estimate of drug-likeness (QED) is 0.740. The Bertz CT molecular complexity index is 443. The van der Waals surface area contributed by atoms with Crippen LogP contribution in [0.2, 0.25) is 0 Å². The number of ketones is 1. The number of benzene rings is 1. The molecular weight excluding hydrogens is 248 g/mol. The Kier molecular flexibility index (Phi) is 5.63. The lowest BCUT2D eigenvalue weighted by atomic mass is 9.92. The molecule has 0 heterocycles. The van der Waals surface area contributed by atoms with Crippen LogP contribution in [-0.2, 0) is 11.2 Å². The number of Topliss-reactive ketones (excluding diaryl/α,β-unsaturated/α-hetero) is 1. The summed E-state index contributed by atoms with van der Waals surface area (Å²) < 4.78 is 5.36. The van der Waals surface area contributed by atoms with E-state index < -0.39 is 0 Å². The zero-order chi connectivity index (χ0) is 14.4.